The minimum absolute atomic E-state index is 0.0335. The maximum absolute atomic E-state index is 13.3. The van der Waals surface area contributed by atoms with E-state index in [9.17, 15) is 21.6 Å². The quantitative estimate of drug-likeness (QED) is 0.578. The van der Waals surface area contributed by atoms with Gasteiger partial charge in [-0.2, -0.15) is 0 Å². The predicted octanol–water partition coefficient (Wildman–Crippen LogP) is 2.72. The summed E-state index contributed by atoms with van der Waals surface area (Å²) in [5.41, 5.74) is 2.20. The number of fused-ring (bicyclic) bond motifs is 1. The smallest absolute Gasteiger partial charge is 0.242 e. The Bertz CT molecular complexity index is 1300. The summed E-state index contributed by atoms with van der Waals surface area (Å²) in [7, 11) is -4.08. The molecule has 0 saturated carbocycles. The van der Waals surface area contributed by atoms with Crippen molar-refractivity contribution in [3.63, 3.8) is 0 Å². The third-order valence-electron chi connectivity index (χ3n) is 6.43. The van der Waals surface area contributed by atoms with Gasteiger partial charge in [0.05, 0.1) is 10.6 Å². The maximum atomic E-state index is 13.3. The van der Waals surface area contributed by atoms with Crippen molar-refractivity contribution in [1.29, 1.82) is 0 Å². The number of hydrogen-bond donors (Lipinski definition) is 0. The molecule has 2 aromatic carbocycles. The number of carbonyl (C=O) groups excluding carboxylic acids is 1. The molecule has 1 amide bonds. The van der Waals surface area contributed by atoms with E-state index in [1.54, 1.807) is 41.3 Å². The molecule has 1 saturated heterocycles. The normalized spacial score (nSPS) is 17.8. The average molecular weight is 526 g/mol. The van der Waals surface area contributed by atoms with Crippen LogP contribution in [0.3, 0.4) is 0 Å². The van der Waals surface area contributed by atoms with Crippen LogP contribution in [0.2, 0.25) is 5.02 Å². The Morgan fingerprint density at radius 1 is 1.03 bits per heavy atom. The lowest BCUT2D eigenvalue weighted by Gasteiger charge is -2.32. The number of benzene rings is 2. The van der Waals surface area contributed by atoms with Crippen LogP contribution in [-0.2, 0) is 37.0 Å². The molecule has 0 bridgehead atoms. The fraction of sp³-hybridized carbons (Fsp3) is 0.435. The molecule has 0 spiro atoms. The number of hydrogen-bond acceptors (Lipinski definition) is 5. The predicted molar refractivity (Wildman–Crippen MR) is 132 cm³/mol. The molecule has 2 aliphatic rings. The van der Waals surface area contributed by atoms with Crippen molar-refractivity contribution in [2.45, 2.75) is 29.9 Å². The van der Waals surface area contributed by atoms with Crippen LogP contribution in [0.1, 0.15) is 24.0 Å². The van der Waals surface area contributed by atoms with E-state index in [-0.39, 0.29) is 22.5 Å². The van der Waals surface area contributed by atoms with Crippen LogP contribution in [0.5, 0.6) is 0 Å². The zero-order valence-electron chi connectivity index (χ0n) is 19.1. The highest BCUT2D eigenvalue weighted by Gasteiger charge is 2.35. The number of halogens is 1. The summed E-state index contributed by atoms with van der Waals surface area (Å²) in [4.78, 5) is 15.2. The van der Waals surface area contributed by atoms with Crippen LogP contribution >= 0.6 is 11.6 Å². The van der Waals surface area contributed by atoms with Crippen molar-refractivity contribution < 1.29 is 21.6 Å². The van der Waals surface area contributed by atoms with Crippen molar-refractivity contribution in [2.75, 3.05) is 38.6 Å². The van der Waals surface area contributed by atoms with Crippen LogP contribution in [0, 0.1) is 5.92 Å². The van der Waals surface area contributed by atoms with E-state index < -0.39 is 20.0 Å². The van der Waals surface area contributed by atoms with E-state index in [4.69, 9.17) is 11.6 Å². The van der Waals surface area contributed by atoms with Gasteiger partial charge in [-0.3, -0.25) is 4.79 Å². The van der Waals surface area contributed by atoms with Gasteiger partial charge in [0.25, 0.3) is 0 Å². The Labute approximate surface area is 206 Å². The molecule has 2 aliphatic heterocycles. The topological polar surface area (TPSA) is 95.1 Å². The number of nitrogens with zero attached hydrogens (tertiary/aromatic N) is 3. The largest absolute Gasteiger partial charge is 0.312 e. The van der Waals surface area contributed by atoms with Crippen molar-refractivity contribution in [1.82, 2.24) is 8.61 Å². The first kappa shape index (κ1) is 25.1. The first-order chi connectivity index (χ1) is 16.0. The minimum Gasteiger partial charge on any atom is -0.312 e. The van der Waals surface area contributed by atoms with Crippen molar-refractivity contribution in [2.24, 2.45) is 5.92 Å². The van der Waals surface area contributed by atoms with Gasteiger partial charge in [0.1, 0.15) is 0 Å². The SMILES string of the molecule is CN(C)S(=O)(=O)c1ccc2c(c1)CCN2C(=O)C1CCN(S(=O)(=O)Cc2cccc(Cl)c2)CC1. The molecule has 0 aliphatic carbocycles. The van der Waals surface area contributed by atoms with E-state index in [0.717, 1.165) is 11.3 Å². The third kappa shape index (κ3) is 5.01. The lowest BCUT2D eigenvalue weighted by molar-refractivity contribution is -0.123. The molecular weight excluding hydrogens is 498 g/mol. The second kappa shape index (κ2) is 9.58. The van der Waals surface area contributed by atoms with Gasteiger partial charge in [-0.05, 0) is 60.7 Å². The van der Waals surface area contributed by atoms with Gasteiger partial charge in [-0.1, -0.05) is 23.7 Å². The summed E-state index contributed by atoms with van der Waals surface area (Å²) in [6, 6.07) is 11.7. The molecule has 0 radical (unpaired) electrons. The third-order valence-corrected chi connectivity index (χ3v) is 10.3. The Hall–Kier alpha value is -1.98. The van der Waals surface area contributed by atoms with E-state index in [1.807, 2.05) is 0 Å². The highest BCUT2D eigenvalue weighted by Crippen LogP contribution is 2.34. The first-order valence-corrected chi connectivity index (χ1v) is 14.5. The zero-order valence-corrected chi connectivity index (χ0v) is 21.5. The number of amides is 1. The second-order valence-corrected chi connectivity index (χ2v) is 13.4. The zero-order chi connectivity index (χ0) is 24.7. The molecule has 2 heterocycles. The molecule has 0 N–H and O–H groups in total. The van der Waals surface area contributed by atoms with Crippen LogP contribution in [0.4, 0.5) is 5.69 Å². The molecule has 34 heavy (non-hydrogen) atoms. The van der Waals surface area contributed by atoms with Gasteiger partial charge >= 0.3 is 0 Å². The van der Waals surface area contributed by atoms with E-state index in [2.05, 4.69) is 0 Å². The van der Waals surface area contributed by atoms with Crippen molar-refractivity contribution in [3.05, 3.63) is 58.6 Å². The van der Waals surface area contributed by atoms with Gasteiger partial charge in [0, 0.05) is 50.4 Å². The van der Waals surface area contributed by atoms with Crippen molar-refractivity contribution in [3.8, 4) is 0 Å². The summed E-state index contributed by atoms with van der Waals surface area (Å²) in [5.74, 6) is -0.424. The summed E-state index contributed by atoms with van der Waals surface area (Å²) in [6.45, 7) is 1.08. The molecule has 11 heteroatoms. The maximum Gasteiger partial charge on any atom is 0.242 e. The summed E-state index contributed by atoms with van der Waals surface area (Å²) in [5, 5.41) is 0.495. The van der Waals surface area contributed by atoms with Gasteiger partial charge in [-0.15, -0.1) is 0 Å². The fourth-order valence-electron chi connectivity index (χ4n) is 4.51. The number of carbonyl (C=O) groups is 1. The molecule has 8 nitrogen and oxygen atoms in total. The minimum atomic E-state index is -3.54. The number of rotatable bonds is 6. The molecule has 4 rings (SSSR count). The molecule has 0 atom stereocenters. The molecule has 0 unspecified atom stereocenters. The lowest BCUT2D eigenvalue weighted by Crippen LogP contribution is -2.44. The fourth-order valence-corrected chi connectivity index (χ4v) is 7.22. The highest BCUT2D eigenvalue weighted by atomic mass is 35.5. The lowest BCUT2D eigenvalue weighted by atomic mass is 9.96. The summed E-state index contributed by atoms with van der Waals surface area (Å²) >= 11 is 5.97. The van der Waals surface area contributed by atoms with Gasteiger partial charge in [0.15, 0.2) is 0 Å². The standard InChI is InChI=1S/C23H28ClN3O5S2/c1-25(2)34(31,32)21-6-7-22-19(15-21)10-13-27(22)23(28)18-8-11-26(12-9-18)33(29,30)16-17-4-3-5-20(24)14-17/h3-7,14-15,18H,8-13,16H2,1-2H3. The van der Waals surface area contributed by atoms with Crippen LogP contribution in [0.15, 0.2) is 47.4 Å². The van der Waals surface area contributed by atoms with E-state index >= 15 is 0 Å². The Morgan fingerprint density at radius 2 is 1.74 bits per heavy atom. The van der Waals surface area contributed by atoms with Gasteiger partial charge in [0.2, 0.25) is 26.0 Å². The number of anilines is 1. The Balaban J connectivity index is 1.41. The number of piperidine rings is 1. The summed E-state index contributed by atoms with van der Waals surface area (Å²) in [6.07, 6.45) is 1.49. The molecular formula is C23H28ClN3O5S2. The number of sulfonamides is 2. The van der Waals surface area contributed by atoms with Gasteiger partial charge < -0.3 is 4.90 Å². The highest BCUT2D eigenvalue weighted by molar-refractivity contribution is 7.89. The first-order valence-electron chi connectivity index (χ1n) is 11.1. The van der Waals surface area contributed by atoms with Crippen molar-refractivity contribution >= 4 is 43.2 Å². The van der Waals surface area contributed by atoms with Crippen LogP contribution in [0.25, 0.3) is 0 Å². The summed E-state index contributed by atoms with van der Waals surface area (Å²) < 4.78 is 53.2. The van der Waals surface area contributed by atoms with Gasteiger partial charge in [-0.25, -0.2) is 25.4 Å². The van der Waals surface area contributed by atoms with Crippen LogP contribution < -0.4 is 4.90 Å². The second-order valence-electron chi connectivity index (χ2n) is 8.88. The van der Waals surface area contributed by atoms with E-state index in [0.29, 0.717) is 49.5 Å². The average Bonchev–Trinajstić information content (AvgIpc) is 3.21. The van der Waals surface area contributed by atoms with Crippen LogP contribution in [-0.4, -0.2) is 65.1 Å². The molecule has 1 fully saturated rings. The monoisotopic (exact) mass is 525 g/mol. The molecule has 184 valence electrons. The Morgan fingerprint density at radius 3 is 2.38 bits per heavy atom. The molecule has 0 aromatic heterocycles. The van der Waals surface area contributed by atoms with E-state index in [1.165, 1.54) is 28.8 Å². The molecule has 2 aromatic rings. The Kier molecular flexibility index (Phi) is 7.08.